The van der Waals surface area contributed by atoms with Gasteiger partial charge in [-0.25, -0.2) is 0 Å². The van der Waals surface area contributed by atoms with Crippen LogP contribution in [0.15, 0.2) is 0 Å². The summed E-state index contributed by atoms with van der Waals surface area (Å²) in [6.45, 7) is 14.9. The zero-order valence-electron chi connectivity index (χ0n) is 10.3. The quantitative estimate of drug-likeness (QED) is 0.692. The van der Waals surface area contributed by atoms with Crippen LogP contribution in [0.1, 0.15) is 54.4 Å². The summed E-state index contributed by atoms with van der Waals surface area (Å²) in [6.07, 6.45) is 2.53. The van der Waals surface area contributed by atoms with Gasteiger partial charge in [0.15, 0.2) is 0 Å². The van der Waals surface area contributed by atoms with Crippen LogP contribution in [0.4, 0.5) is 0 Å². The van der Waals surface area contributed by atoms with Gasteiger partial charge in [-0.3, -0.25) is 0 Å². The van der Waals surface area contributed by atoms with Crippen molar-refractivity contribution >= 4 is 0 Å². The molecule has 0 aliphatic heterocycles. The van der Waals surface area contributed by atoms with E-state index in [1.165, 1.54) is 12.8 Å². The zero-order valence-corrected chi connectivity index (χ0v) is 10.3. The van der Waals surface area contributed by atoms with E-state index < -0.39 is 0 Å². The molecule has 0 aliphatic carbocycles. The van der Waals surface area contributed by atoms with E-state index in [0.29, 0.717) is 11.5 Å². The van der Waals surface area contributed by atoms with Gasteiger partial charge in [0.1, 0.15) is 0 Å². The van der Waals surface area contributed by atoms with E-state index >= 15 is 0 Å². The second-order valence-electron chi connectivity index (χ2n) is 5.59. The zero-order chi connectivity index (χ0) is 10.5. The van der Waals surface area contributed by atoms with E-state index in [1.54, 1.807) is 0 Å². The summed E-state index contributed by atoms with van der Waals surface area (Å²) in [6, 6.07) is 0.647. The van der Waals surface area contributed by atoms with Gasteiger partial charge in [0.2, 0.25) is 0 Å². The predicted molar refractivity (Wildman–Crippen MR) is 61.0 cm³/mol. The Bertz CT molecular complexity index is 124. The molecule has 2 unspecified atom stereocenters. The molecule has 1 nitrogen and oxygen atoms in total. The first-order valence-corrected chi connectivity index (χ1v) is 5.58. The average Bonchev–Trinajstić information content (AvgIpc) is 1.97. The standard InChI is InChI=1S/C12H27N/c1-7-10(2)9-13-11(3)8-12(4,5)6/h10-11,13H,7-9H2,1-6H3. The first-order valence-electron chi connectivity index (χ1n) is 5.58. The fraction of sp³-hybridized carbons (Fsp3) is 1.00. The Labute approximate surface area is 84.3 Å². The van der Waals surface area contributed by atoms with Crippen molar-refractivity contribution in [3.63, 3.8) is 0 Å². The molecule has 2 atom stereocenters. The molecule has 0 aromatic rings. The minimum Gasteiger partial charge on any atom is -0.314 e. The van der Waals surface area contributed by atoms with Crippen LogP contribution >= 0.6 is 0 Å². The van der Waals surface area contributed by atoms with Crippen molar-refractivity contribution in [2.75, 3.05) is 6.54 Å². The Balaban J connectivity index is 3.57. The molecule has 0 radical (unpaired) electrons. The van der Waals surface area contributed by atoms with Crippen LogP contribution in [0.2, 0.25) is 0 Å². The lowest BCUT2D eigenvalue weighted by molar-refractivity contribution is 0.310. The number of nitrogens with one attached hydrogen (secondary N) is 1. The van der Waals surface area contributed by atoms with Crippen molar-refractivity contribution < 1.29 is 0 Å². The lowest BCUT2D eigenvalue weighted by atomic mass is 9.88. The highest BCUT2D eigenvalue weighted by atomic mass is 14.9. The van der Waals surface area contributed by atoms with Gasteiger partial charge in [0.05, 0.1) is 0 Å². The van der Waals surface area contributed by atoms with E-state index in [4.69, 9.17) is 0 Å². The van der Waals surface area contributed by atoms with Gasteiger partial charge in [-0.15, -0.1) is 0 Å². The van der Waals surface area contributed by atoms with Crippen LogP contribution in [0.25, 0.3) is 0 Å². The Morgan fingerprint density at radius 1 is 1.15 bits per heavy atom. The van der Waals surface area contributed by atoms with Crippen molar-refractivity contribution in [2.24, 2.45) is 11.3 Å². The van der Waals surface area contributed by atoms with Crippen LogP contribution in [0, 0.1) is 11.3 Å². The van der Waals surface area contributed by atoms with Crippen molar-refractivity contribution in [2.45, 2.75) is 60.4 Å². The van der Waals surface area contributed by atoms with Crippen LogP contribution in [-0.4, -0.2) is 12.6 Å². The summed E-state index contributed by atoms with van der Waals surface area (Å²) < 4.78 is 0. The van der Waals surface area contributed by atoms with Crippen LogP contribution in [0.5, 0.6) is 0 Å². The van der Waals surface area contributed by atoms with E-state index in [0.717, 1.165) is 12.5 Å². The van der Waals surface area contributed by atoms with Crippen LogP contribution < -0.4 is 5.32 Å². The van der Waals surface area contributed by atoms with Crippen LogP contribution in [-0.2, 0) is 0 Å². The molecule has 1 N–H and O–H groups in total. The number of hydrogen-bond acceptors (Lipinski definition) is 1. The largest absolute Gasteiger partial charge is 0.314 e. The molecule has 0 aromatic heterocycles. The highest BCUT2D eigenvalue weighted by Crippen LogP contribution is 2.20. The lowest BCUT2D eigenvalue weighted by Gasteiger charge is -2.25. The second kappa shape index (κ2) is 5.64. The fourth-order valence-electron chi connectivity index (χ4n) is 1.54. The predicted octanol–water partition coefficient (Wildman–Crippen LogP) is 3.45. The van der Waals surface area contributed by atoms with Crippen molar-refractivity contribution in [3.05, 3.63) is 0 Å². The Morgan fingerprint density at radius 2 is 1.69 bits per heavy atom. The summed E-state index contributed by atoms with van der Waals surface area (Å²) in [5.41, 5.74) is 0.446. The van der Waals surface area contributed by atoms with E-state index in [9.17, 15) is 0 Å². The molecule has 0 fully saturated rings. The summed E-state index contributed by atoms with van der Waals surface area (Å²) in [7, 11) is 0. The maximum absolute atomic E-state index is 3.59. The molecule has 0 aliphatic rings. The summed E-state index contributed by atoms with van der Waals surface area (Å²) in [5, 5.41) is 3.59. The molecule has 0 rings (SSSR count). The number of hydrogen-bond donors (Lipinski definition) is 1. The minimum atomic E-state index is 0.446. The third-order valence-electron chi connectivity index (χ3n) is 2.43. The average molecular weight is 185 g/mol. The van der Waals surface area contributed by atoms with Gasteiger partial charge >= 0.3 is 0 Å². The minimum absolute atomic E-state index is 0.446. The smallest absolute Gasteiger partial charge is 0.00438 e. The highest BCUT2D eigenvalue weighted by Gasteiger charge is 2.14. The maximum atomic E-state index is 3.59. The Morgan fingerprint density at radius 3 is 2.08 bits per heavy atom. The van der Waals surface area contributed by atoms with E-state index in [2.05, 4.69) is 46.9 Å². The molecule has 0 saturated carbocycles. The molecule has 0 spiro atoms. The molecule has 1 heteroatoms. The second-order valence-corrected chi connectivity index (χ2v) is 5.59. The molecule has 80 valence electrons. The first kappa shape index (κ1) is 13.0. The van der Waals surface area contributed by atoms with E-state index in [-0.39, 0.29) is 0 Å². The third-order valence-corrected chi connectivity index (χ3v) is 2.43. The summed E-state index contributed by atoms with van der Waals surface area (Å²) >= 11 is 0. The maximum Gasteiger partial charge on any atom is 0.00438 e. The molecular weight excluding hydrogens is 158 g/mol. The monoisotopic (exact) mass is 185 g/mol. The van der Waals surface area contributed by atoms with Gasteiger partial charge in [-0.05, 0) is 31.2 Å². The molecule has 0 aromatic carbocycles. The van der Waals surface area contributed by atoms with Gasteiger partial charge in [-0.2, -0.15) is 0 Å². The normalized spacial score (nSPS) is 17.1. The topological polar surface area (TPSA) is 12.0 Å². The molecule has 0 heterocycles. The number of rotatable bonds is 5. The summed E-state index contributed by atoms with van der Waals surface area (Å²) in [4.78, 5) is 0. The lowest BCUT2D eigenvalue weighted by Crippen LogP contribution is -2.33. The molecule has 0 bridgehead atoms. The molecule has 0 saturated heterocycles. The molecular formula is C12H27N. The fourth-order valence-corrected chi connectivity index (χ4v) is 1.54. The van der Waals surface area contributed by atoms with Crippen molar-refractivity contribution in [3.8, 4) is 0 Å². The van der Waals surface area contributed by atoms with Crippen LogP contribution in [0.3, 0.4) is 0 Å². The Hall–Kier alpha value is -0.0400. The summed E-state index contributed by atoms with van der Waals surface area (Å²) in [5.74, 6) is 0.808. The van der Waals surface area contributed by atoms with E-state index in [1.807, 2.05) is 0 Å². The first-order chi connectivity index (χ1) is 5.85. The van der Waals surface area contributed by atoms with Crippen molar-refractivity contribution in [1.29, 1.82) is 0 Å². The SMILES string of the molecule is CCC(C)CNC(C)CC(C)(C)C. The van der Waals surface area contributed by atoms with Gasteiger partial charge in [0.25, 0.3) is 0 Å². The van der Waals surface area contributed by atoms with Gasteiger partial charge in [0, 0.05) is 6.04 Å². The highest BCUT2D eigenvalue weighted by molar-refractivity contribution is 4.71. The Kier molecular flexibility index (Phi) is 5.62. The van der Waals surface area contributed by atoms with Crippen molar-refractivity contribution in [1.82, 2.24) is 5.32 Å². The third kappa shape index (κ3) is 8.29. The molecule has 0 amide bonds. The van der Waals surface area contributed by atoms with Gasteiger partial charge in [-0.1, -0.05) is 41.0 Å². The molecule has 13 heavy (non-hydrogen) atoms. The van der Waals surface area contributed by atoms with Gasteiger partial charge < -0.3 is 5.32 Å².